The number of ether oxygens (including phenoxy) is 4. The predicted octanol–water partition coefficient (Wildman–Crippen LogP) is 8.88. The van der Waals surface area contributed by atoms with Crippen LogP contribution in [0.25, 0.3) is 0 Å². The van der Waals surface area contributed by atoms with Crippen LogP contribution in [0.2, 0.25) is 0 Å². The van der Waals surface area contributed by atoms with Gasteiger partial charge in [-0.15, -0.1) is 4.67 Å². The Morgan fingerprint density at radius 3 is 2.07 bits per heavy atom. The number of benzene rings is 3. The molecule has 5 atom stereocenters. The van der Waals surface area contributed by atoms with E-state index in [2.05, 4.69) is 23.3 Å². The van der Waals surface area contributed by atoms with E-state index in [1.807, 2.05) is 118 Å². The SMILES string of the molecule is CCCCC(CC)C(=O)Nc1ccn([C@H]2C[C@H](O[P+](O)(CCC#N)N(C(C)C)C(C)C)[C@@H](COC(c3ccccc3)(c3ccc(OC)cc3)c3ccc(OC)cc3)O2)c(=O)n1. The summed E-state index contributed by atoms with van der Waals surface area (Å²) >= 11 is 0. The van der Waals surface area contributed by atoms with Crippen LogP contribution in [0.4, 0.5) is 5.82 Å². The third-order valence-corrected chi connectivity index (χ3v) is 14.3. The van der Waals surface area contributed by atoms with Crippen LogP contribution in [0.15, 0.2) is 95.9 Å². The molecule has 328 valence electrons. The van der Waals surface area contributed by atoms with E-state index in [9.17, 15) is 19.7 Å². The summed E-state index contributed by atoms with van der Waals surface area (Å²) in [6, 6.07) is 28.9. The molecule has 1 aromatic heterocycles. The van der Waals surface area contributed by atoms with Gasteiger partial charge in [-0.3, -0.25) is 9.36 Å². The largest absolute Gasteiger partial charge is 0.497 e. The van der Waals surface area contributed by atoms with Gasteiger partial charge in [0.05, 0.1) is 33.3 Å². The zero-order valence-electron chi connectivity index (χ0n) is 36.8. The number of nitrogens with one attached hydrogen (secondary N) is 1. The Kier molecular flexibility index (Phi) is 17.0. The average molecular weight is 857 g/mol. The maximum atomic E-state index is 13.8. The molecule has 2 unspecified atom stereocenters. The number of anilines is 1. The van der Waals surface area contributed by atoms with Crippen molar-refractivity contribution in [2.75, 3.05) is 32.3 Å². The standard InChI is InChI=1S/C47H62N5O8P/c1-9-11-16-35(10-2)45(53)49-43-27-29-51(46(54)50-43)44-31-41(60-61(55,30-15-28-48)52(33(3)4)34(5)6)42(59-44)32-58-47(36-17-13-12-14-18-36,37-19-23-39(56-7)24-20-37)38-21-25-40(57-8)26-22-38/h12-14,17-27,29,33-35,41-42,44,55H,9-11,15-16,30-32H2,1-8H3/p+1/t35?,41-,42+,44+,61?/m0/s1. The predicted molar refractivity (Wildman–Crippen MR) is 238 cm³/mol. The summed E-state index contributed by atoms with van der Waals surface area (Å²) in [7, 11) is -0.190. The quantitative estimate of drug-likeness (QED) is 0.0575. The van der Waals surface area contributed by atoms with E-state index in [0.717, 1.165) is 36.0 Å². The van der Waals surface area contributed by atoms with Crippen LogP contribution in [-0.2, 0) is 24.4 Å². The van der Waals surface area contributed by atoms with E-state index < -0.39 is 37.6 Å². The van der Waals surface area contributed by atoms with E-state index >= 15 is 0 Å². The fourth-order valence-electron chi connectivity index (χ4n) is 8.27. The van der Waals surface area contributed by atoms with Crippen molar-refractivity contribution >= 4 is 19.6 Å². The Morgan fingerprint density at radius 1 is 0.967 bits per heavy atom. The highest BCUT2D eigenvalue weighted by atomic mass is 31.2. The first-order valence-corrected chi connectivity index (χ1v) is 23.1. The number of nitrogens with zero attached hydrogens (tertiary/aromatic N) is 4. The van der Waals surface area contributed by atoms with Gasteiger partial charge in [-0.25, -0.2) is 9.69 Å². The molecule has 1 saturated heterocycles. The molecular weight excluding hydrogens is 794 g/mol. The Balaban J connectivity index is 1.58. The van der Waals surface area contributed by atoms with Crippen molar-refractivity contribution in [2.24, 2.45) is 5.92 Å². The number of hydrogen-bond donors (Lipinski definition) is 2. The number of aromatic nitrogens is 2. The smallest absolute Gasteiger partial charge is 0.351 e. The Hall–Kier alpha value is -4.67. The molecule has 0 saturated carbocycles. The molecule has 1 aliphatic heterocycles. The van der Waals surface area contributed by atoms with Crippen molar-refractivity contribution in [2.45, 2.75) is 116 Å². The molecule has 0 radical (unpaired) electrons. The van der Waals surface area contributed by atoms with E-state index in [1.54, 1.807) is 26.5 Å². The lowest BCUT2D eigenvalue weighted by atomic mass is 9.80. The first-order valence-electron chi connectivity index (χ1n) is 21.3. The van der Waals surface area contributed by atoms with Crippen molar-refractivity contribution in [3.63, 3.8) is 0 Å². The van der Waals surface area contributed by atoms with Gasteiger partial charge in [0.15, 0.2) is 0 Å². The van der Waals surface area contributed by atoms with Gasteiger partial charge >= 0.3 is 13.6 Å². The second-order valence-corrected chi connectivity index (χ2v) is 18.4. The molecule has 4 aromatic rings. The lowest BCUT2D eigenvalue weighted by Crippen LogP contribution is -2.42. The summed E-state index contributed by atoms with van der Waals surface area (Å²) in [5.74, 6) is 1.18. The second kappa shape index (κ2) is 21.9. The molecule has 61 heavy (non-hydrogen) atoms. The van der Waals surface area contributed by atoms with Crippen LogP contribution in [0, 0.1) is 17.2 Å². The lowest BCUT2D eigenvalue weighted by molar-refractivity contribution is -0.120. The molecule has 1 fully saturated rings. The van der Waals surface area contributed by atoms with E-state index in [1.165, 1.54) is 4.57 Å². The summed E-state index contributed by atoms with van der Waals surface area (Å²) in [4.78, 5) is 43.7. The fourth-order valence-corrected chi connectivity index (χ4v) is 11.2. The molecule has 2 N–H and O–H groups in total. The summed E-state index contributed by atoms with van der Waals surface area (Å²) in [5.41, 5.74) is 0.683. The van der Waals surface area contributed by atoms with Gasteiger partial charge in [0.2, 0.25) is 5.91 Å². The maximum absolute atomic E-state index is 13.8. The zero-order valence-corrected chi connectivity index (χ0v) is 37.7. The lowest BCUT2D eigenvalue weighted by Gasteiger charge is -2.38. The van der Waals surface area contributed by atoms with Crippen molar-refractivity contribution in [1.82, 2.24) is 14.2 Å². The number of carbonyl (C=O) groups excluding carboxylic acids is 1. The van der Waals surface area contributed by atoms with Crippen molar-refractivity contribution in [1.29, 1.82) is 5.26 Å². The summed E-state index contributed by atoms with van der Waals surface area (Å²) in [6.45, 7) is 12.0. The molecule has 2 heterocycles. The van der Waals surface area contributed by atoms with Gasteiger partial charge in [0, 0.05) is 30.6 Å². The van der Waals surface area contributed by atoms with Crippen LogP contribution in [-0.4, -0.2) is 76.3 Å². The van der Waals surface area contributed by atoms with Crippen LogP contribution in [0.1, 0.15) is 103 Å². The third kappa shape index (κ3) is 11.2. The molecule has 3 aromatic carbocycles. The first kappa shape index (κ1) is 47.4. The minimum Gasteiger partial charge on any atom is -0.497 e. The highest BCUT2D eigenvalue weighted by Gasteiger charge is 2.54. The Morgan fingerprint density at radius 2 is 1.56 bits per heavy atom. The summed E-state index contributed by atoms with van der Waals surface area (Å²) < 4.78 is 35.3. The molecule has 5 rings (SSSR count). The highest BCUT2D eigenvalue weighted by molar-refractivity contribution is 7.63. The van der Waals surface area contributed by atoms with Crippen molar-refractivity contribution in [3.05, 3.63) is 118 Å². The number of methoxy groups -OCH3 is 2. The fraction of sp³-hybridized carbons (Fsp3) is 0.489. The van der Waals surface area contributed by atoms with Crippen LogP contribution in [0.5, 0.6) is 11.5 Å². The summed E-state index contributed by atoms with van der Waals surface area (Å²) in [6.07, 6.45) is 2.83. The number of carbonyl (C=O) groups is 1. The second-order valence-electron chi connectivity index (χ2n) is 15.9. The van der Waals surface area contributed by atoms with Gasteiger partial charge in [-0.1, -0.05) is 81.3 Å². The normalized spacial score (nSPS) is 18.2. The van der Waals surface area contributed by atoms with Crippen LogP contribution < -0.4 is 20.5 Å². The molecule has 1 aliphatic rings. The number of nitriles is 1. The van der Waals surface area contributed by atoms with E-state index in [4.69, 9.17) is 23.5 Å². The Bertz CT molecular complexity index is 2040. The number of hydrogen-bond acceptors (Lipinski definition) is 11. The molecule has 0 spiro atoms. The molecular formula is C47H63N5O8P+. The van der Waals surface area contributed by atoms with Gasteiger partial charge < -0.3 is 24.3 Å². The minimum atomic E-state index is -3.43. The zero-order chi connectivity index (χ0) is 44.2. The van der Waals surface area contributed by atoms with Crippen LogP contribution >= 0.6 is 7.87 Å². The topological polar surface area (TPSA) is 157 Å². The molecule has 1 amide bonds. The van der Waals surface area contributed by atoms with Gasteiger partial charge in [0.25, 0.3) is 0 Å². The van der Waals surface area contributed by atoms with Gasteiger partial charge in [0.1, 0.15) is 47.5 Å². The first-order chi connectivity index (χ1) is 29.3. The number of rotatable bonds is 22. The average Bonchev–Trinajstić information content (AvgIpc) is 3.65. The number of unbranched alkanes of at least 4 members (excludes halogenated alkanes) is 1. The van der Waals surface area contributed by atoms with E-state index in [0.29, 0.717) is 17.9 Å². The van der Waals surface area contributed by atoms with Crippen molar-refractivity contribution < 1.29 is 33.2 Å². The maximum Gasteiger partial charge on any atom is 0.351 e. The monoisotopic (exact) mass is 856 g/mol. The van der Waals surface area contributed by atoms with Crippen molar-refractivity contribution in [3.8, 4) is 17.6 Å². The van der Waals surface area contributed by atoms with Gasteiger partial charge in [-0.05, 0) is 87.6 Å². The number of amides is 1. The van der Waals surface area contributed by atoms with Crippen LogP contribution in [0.3, 0.4) is 0 Å². The molecule has 14 heteroatoms. The van der Waals surface area contributed by atoms with E-state index in [-0.39, 0.29) is 55.3 Å². The molecule has 13 nitrogen and oxygen atoms in total. The summed E-state index contributed by atoms with van der Waals surface area (Å²) in [5, 5.41) is 12.5. The minimum absolute atomic E-state index is 0.0395. The Labute approximate surface area is 361 Å². The third-order valence-electron chi connectivity index (χ3n) is 11.2. The molecule has 0 aliphatic carbocycles. The molecule has 0 bridgehead atoms. The highest BCUT2D eigenvalue weighted by Crippen LogP contribution is 2.63. The van der Waals surface area contributed by atoms with Gasteiger partial charge in [-0.2, -0.15) is 14.8 Å².